The summed E-state index contributed by atoms with van der Waals surface area (Å²) >= 11 is 6.25. The molecule has 2 fully saturated rings. The monoisotopic (exact) mass is 497 g/mol. The summed E-state index contributed by atoms with van der Waals surface area (Å²) in [5.41, 5.74) is -0.781. The molecule has 2 N–H and O–H groups in total. The predicted octanol–water partition coefficient (Wildman–Crippen LogP) is 5.14. The molecular weight excluding hydrogens is 472 g/mol. The molecule has 0 spiro atoms. The van der Waals surface area contributed by atoms with Crippen molar-refractivity contribution in [2.75, 3.05) is 5.32 Å². The third-order valence-corrected chi connectivity index (χ3v) is 10.0. The second-order valence-electron chi connectivity index (χ2n) is 9.57. The normalized spacial score (nSPS) is 29.2. The van der Waals surface area contributed by atoms with Gasteiger partial charge < -0.3 is 10.4 Å². The maximum Gasteiger partial charge on any atom is 0.255 e. The van der Waals surface area contributed by atoms with Gasteiger partial charge in [-0.15, -0.1) is 0 Å². The Bertz CT molecular complexity index is 1210. The van der Waals surface area contributed by atoms with E-state index in [9.17, 15) is 27.1 Å². The molecule has 2 aliphatic rings. The Hall–Kier alpha value is -2.03. The van der Waals surface area contributed by atoms with Crippen molar-refractivity contribution in [3.8, 4) is 0 Å². The average Bonchev–Trinajstić information content (AvgIpc) is 2.85. The number of benzene rings is 2. The van der Waals surface area contributed by atoms with Gasteiger partial charge in [-0.1, -0.05) is 18.5 Å². The van der Waals surface area contributed by atoms with E-state index in [1.807, 2.05) is 6.92 Å². The van der Waals surface area contributed by atoms with E-state index in [2.05, 4.69) is 5.32 Å². The molecule has 2 saturated carbocycles. The minimum Gasteiger partial charge on any atom is -0.390 e. The van der Waals surface area contributed by atoms with Crippen molar-refractivity contribution in [1.82, 2.24) is 0 Å². The highest BCUT2D eigenvalue weighted by atomic mass is 35.5. The summed E-state index contributed by atoms with van der Waals surface area (Å²) in [4.78, 5) is 12.6. The Kier molecular flexibility index (Phi) is 6.08. The van der Waals surface area contributed by atoms with Gasteiger partial charge in [-0.2, -0.15) is 0 Å². The molecule has 5 nitrogen and oxygen atoms in total. The number of halogens is 3. The summed E-state index contributed by atoms with van der Waals surface area (Å²) in [5, 5.41) is 12.6. The van der Waals surface area contributed by atoms with Gasteiger partial charge in [0.1, 0.15) is 0 Å². The van der Waals surface area contributed by atoms with Crippen LogP contribution in [0.15, 0.2) is 35.2 Å². The molecule has 0 radical (unpaired) electrons. The van der Waals surface area contributed by atoms with Crippen molar-refractivity contribution in [2.24, 2.45) is 17.8 Å². The lowest BCUT2D eigenvalue weighted by molar-refractivity contribution is -0.0466. The number of hydrogen-bond donors (Lipinski definition) is 2. The average molecular weight is 498 g/mol. The minimum absolute atomic E-state index is 0.00736. The van der Waals surface area contributed by atoms with Crippen LogP contribution in [0.4, 0.5) is 14.5 Å². The van der Waals surface area contributed by atoms with Gasteiger partial charge >= 0.3 is 0 Å². The van der Waals surface area contributed by atoms with Crippen LogP contribution in [0, 0.1) is 36.3 Å². The molecular formula is C24H26ClF2NO4S. The van der Waals surface area contributed by atoms with E-state index in [4.69, 9.17) is 11.6 Å². The number of hydrogen-bond acceptors (Lipinski definition) is 4. The van der Waals surface area contributed by atoms with Gasteiger partial charge in [0.2, 0.25) is 0 Å². The van der Waals surface area contributed by atoms with E-state index in [1.165, 1.54) is 31.2 Å². The molecule has 9 heteroatoms. The largest absolute Gasteiger partial charge is 0.390 e. The van der Waals surface area contributed by atoms with Crippen molar-refractivity contribution < 1.29 is 27.1 Å². The second-order valence-corrected chi connectivity index (χ2v) is 12.2. The molecule has 2 bridgehead atoms. The molecule has 0 aromatic heterocycles. The number of amides is 1. The molecule has 178 valence electrons. The summed E-state index contributed by atoms with van der Waals surface area (Å²) < 4.78 is 54.2. The van der Waals surface area contributed by atoms with E-state index in [-0.39, 0.29) is 44.5 Å². The summed E-state index contributed by atoms with van der Waals surface area (Å²) in [6, 6.07) is 6.09. The molecule has 1 amide bonds. The first-order chi connectivity index (χ1) is 15.3. The summed E-state index contributed by atoms with van der Waals surface area (Å²) in [6.07, 6.45) is 1.43. The highest BCUT2D eigenvalue weighted by Gasteiger charge is 2.56. The van der Waals surface area contributed by atoms with Gasteiger partial charge in [0, 0.05) is 17.3 Å². The van der Waals surface area contributed by atoms with Crippen molar-refractivity contribution >= 4 is 33.0 Å². The van der Waals surface area contributed by atoms with Gasteiger partial charge in [0.25, 0.3) is 5.91 Å². The van der Waals surface area contributed by atoms with E-state index in [1.54, 1.807) is 6.92 Å². The first kappa shape index (κ1) is 24.1. The summed E-state index contributed by atoms with van der Waals surface area (Å²) in [7, 11) is -3.87. The van der Waals surface area contributed by atoms with Crippen molar-refractivity contribution in [2.45, 2.75) is 55.8 Å². The number of nitrogens with one attached hydrogen (secondary N) is 1. The molecule has 0 saturated heterocycles. The number of aliphatic hydroxyl groups is 1. The number of carbonyl (C=O) groups excluding carboxylic acids is 1. The fourth-order valence-electron chi connectivity index (χ4n) is 5.53. The lowest BCUT2D eigenvalue weighted by Crippen LogP contribution is -2.46. The van der Waals surface area contributed by atoms with Gasteiger partial charge in [0.05, 0.1) is 20.8 Å². The molecule has 1 unspecified atom stereocenters. The number of rotatable bonds is 4. The fraction of sp³-hybridized carbons (Fsp3) is 0.458. The van der Waals surface area contributed by atoms with Crippen LogP contribution in [0.25, 0.3) is 0 Å². The zero-order valence-corrected chi connectivity index (χ0v) is 20.1. The van der Waals surface area contributed by atoms with Crippen LogP contribution in [0.5, 0.6) is 0 Å². The van der Waals surface area contributed by atoms with E-state index in [0.717, 1.165) is 12.5 Å². The Morgan fingerprint density at radius 3 is 2.52 bits per heavy atom. The number of fused-ring (bicyclic) bond motifs is 2. The SMILES string of the molecule is Cc1cc(NC(=O)c2ccc(Cl)c(S(=O)(=O)[C@@H]3CC4C[C@H](C)[C@@H](C3)[C@]4(C)O)c2)cc(F)c1F. The Morgan fingerprint density at radius 1 is 1.18 bits per heavy atom. The van der Waals surface area contributed by atoms with Crippen LogP contribution in [-0.4, -0.2) is 30.3 Å². The zero-order chi connectivity index (χ0) is 24.3. The molecule has 2 aromatic carbocycles. The van der Waals surface area contributed by atoms with E-state index >= 15 is 0 Å². The van der Waals surface area contributed by atoms with Crippen molar-refractivity contribution in [3.05, 3.63) is 58.1 Å². The molecule has 33 heavy (non-hydrogen) atoms. The lowest BCUT2D eigenvalue weighted by atomic mass is 9.74. The molecule has 5 atom stereocenters. The molecule has 0 heterocycles. The van der Waals surface area contributed by atoms with Crippen LogP contribution >= 0.6 is 11.6 Å². The first-order valence-corrected chi connectivity index (χ1v) is 12.8. The molecule has 0 aliphatic heterocycles. The minimum atomic E-state index is -3.87. The molecule has 4 rings (SSSR count). The highest BCUT2D eigenvalue weighted by molar-refractivity contribution is 7.92. The zero-order valence-electron chi connectivity index (χ0n) is 18.5. The first-order valence-electron chi connectivity index (χ1n) is 10.8. The Morgan fingerprint density at radius 2 is 1.88 bits per heavy atom. The van der Waals surface area contributed by atoms with Crippen molar-refractivity contribution in [3.63, 3.8) is 0 Å². The van der Waals surface area contributed by atoms with Gasteiger partial charge in [0.15, 0.2) is 21.5 Å². The lowest BCUT2D eigenvalue weighted by Gasteiger charge is -2.40. The smallest absolute Gasteiger partial charge is 0.255 e. The number of aryl methyl sites for hydroxylation is 1. The van der Waals surface area contributed by atoms with Gasteiger partial charge in [-0.3, -0.25) is 4.79 Å². The van der Waals surface area contributed by atoms with E-state index in [0.29, 0.717) is 12.8 Å². The standard InChI is InChI=1S/C24H26ClF2NO4S/c1-12-6-15-9-17(11-18(12)24(15,3)30)33(31,32)21-8-14(4-5-19(21)25)23(29)28-16-7-13(2)22(27)20(26)10-16/h4-5,7-8,10,12,15,17-18,30H,6,9,11H2,1-3H3,(H,28,29)/t12-,15?,17+,18+,24+/m0/s1. The summed E-state index contributed by atoms with van der Waals surface area (Å²) in [6.45, 7) is 5.19. The number of anilines is 1. The third kappa shape index (κ3) is 4.17. The van der Waals surface area contributed by atoms with Gasteiger partial charge in [-0.05, 0) is 80.7 Å². The Labute approximate surface area is 197 Å². The topological polar surface area (TPSA) is 83.5 Å². The van der Waals surface area contributed by atoms with Crippen LogP contribution < -0.4 is 5.32 Å². The quantitative estimate of drug-likeness (QED) is 0.612. The van der Waals surface area contributed by atoms with Crippen LogP contribution in [0.2, 0.25) is 5.02 Å². The third-order valence-electron chi connectivity index (χ3n) is 7.39. The van der Waals surface area contributed by atoms with Crippen molar-refractivity contribution in [1.29, 1.82) is 0 Å². The predicted molar refractivity (Wildman–Crippen MR) is 122 cm³/mol. The van der Waals surface area contributed by atoms with E-state index < -0.39 is 38.2 Å². The fourth-order valence-corrected chi connectivity index (χ4v) is 7.91. The van der Waals surface area contributed by atoms with Crippen LogP contribution in [-0.2, 0) is 9.84 Å². The maximum absolute atomic E-state index is 13.7. The number of carbonyl (C=O) groups is 1. The second kappa shape index (κ2) is 8.32. The molecule has 2 aromatic rings. The number of sulfone groups is 1. The van der Waals surface area contributed by atoms with Crippen LogP contribution in [0.1, 0.15) is 49.0 Å². The Balaban J connectivity index is 1.61. The maximum atomic E-state index is 13.7. The highest BCUT2D eigenvalue weighted by Crippen LogP contribution is 2.54. The summed E-state index contributed by atoms with van der Waals surface area (Å²) in [5.74, 6) is -2.79. The van der Waals surface area contributed by atoms with Crippen LogP contribution in [0.3, 0.4) is 0 Å². The van der Waals surface area contributed by atoms with Gasteiger partial charge in [-0.25, -0.2) is 17.2 Å². The molecule has 2 aliphatic carbocycles.